The molecule has 0 aromatic carbocycles. The lowest BCUT2D eigenvalue weighted by molar-refractivity contribution is 0.0928. The van der Waals surface area contributed by atoms with Crippen molar-refractivity contribution in [3.8, 4) is 0 Å². The second kappa shape index (κ2) is 4.23. The summed E-state index contributed by atoms with van der Waals surface area (Å²) >= 11 is 0. The highest BCUT2D eigenvalue weighted by molar-refractivity contribution is 5.96. The van der Waals surface area contributed by atoms with E-state index in [1.165, 1.54) is 0 Å². The Bertz CT molecular complexity index is 729. The van der Waals surface area contributed by atoms with Crippen molar-refractivity contribution in [3.05, 3.63) is 53.5 Å². The van der Waals surface area contributed by atoms with Gasteiger partial charge in [-0.1, -0.05) is 6.08 Å². The fourth-order valence-corrected chi connectivity index (χ4v) is 2.81. The van der Waals surface area contributed by atoms with Crippen LogP contribution in [0.3, 0.4) is 0 Å². The van der Waals surface area contributed by atoms with Crippen LogP contribution in [0.4, 0.5) is 5.82 Å². The summed E-state index contributed by atoms with van der Waals surface area (Å²) in [5.41, 5.74) is 4.03. The molecule has 0 saturated heterocycles. The highest BCUT2D eigenvalue weighted by Crippen LogP contribution is 2.32. The van der Waals surface area contributed by atoms with Gasteiger partial charge >= 0.3 is 0 Å². The SMILES string of the molecule is O=C1NCCn2cc(C3=CCNc4ncccc43)cc21. The van der Waals surface area contributed by atoms with E-state index in [1.54, 1.807) is 6.20 Å². The molecule has 2 aromatic rings. The van der Waals surface area contributed by atoms with Crippen LogP contribution in [0.15, 0.2) is 36.7 Å². The van der Waals surface area contributed by atoms with Gasteiger partial charge in [0.25, 0.3) is 5.91 Å². The first-order chi connectivity index (χ1) is 9.83. The average molecular weight is 266 g/mol. The van der Waals surface area contributed by atoms with Gasteiger partial charge in [-0.05, 0) is 23.8 Å². The Morgan fingerprint density at radius 1 is 1.30 bits per heavy atom. The largest absolute Gasteiger partial charge is 0.366 e. The quantitative estimate of drug-likeness (QED) is 0.822. The van der Waals surface area contributed by atoms with Gasteiger partial charge in [-0.3, -0.25) is 4.79 Å². The molecular weight excluding hydrogens is 252 g/mol. The molecule has 0 unspecified atom stereocenters. The second-order valence-corrected chi connectivity index (χ2v) is 4.96. The molecule has 0 atom stereocenters. The van der Waals surface area contributed by atoms with Crippen LogP contribution >= 0.6 is 0 Å². The number of hydrogen-bond donors (Lipinski definition) is 2. The van der Waals surface area contributed by atoms with Gasteiger partial charge in [-0.25, -0.2) is 4.98 Å². The third-order valence-corrected chi connectivity index (χ3v) is 3.75. The number of carbonyl (C=O) groups is 1. The maximum absolute atomic E-state index is 11.9. The zero-order valence-electron chi connectivity index (χ0n) is 10.9. The van der Waals surface area contributed by atoms with Gasteiger partial charge in [-0.2, -0.15) is 0 Å². The summed E-state index contributed by atoms with van der Waals surface area (Å²) in [6.07, 6.45) is 5.98. The summed E-state index contributed by atoms with van der Waals surface area (Å²) in [7, 11) is 0. The van der Waals surface area contributed by atoms with Crippen LogP contribution in [0.2, 0.25) is 0 Å². The molecule has 0 radical (unpaired) electrons. The van der Waals surface area contributed by atoms with Crippen LogP contribution in [0.1, 0.15) is 21.6 Å². The van der Waals surface area contributed by atoms with Gasteiger partial charge in [0, 0.05) is 43.2 Å². The predicted octanol–water partition coefficient (Wildman–Crippen LogP) is 1.48. The van der Waals surface area contributed by atoms with Crippen molar-refractivity contribution in [2.75, 3.05) is 18.4 Å². The fourth-order valence-electron chi connectivity index (χ4n) is 2.81. The van der Waals surface area contributed by atoms with Crippen LogP contribution < -0.4 is 10.6 Å². The molecule has 0 bridgehead atoms. The zero-order chi connectivity index (χ0) is 13.5. The number of carbonyl (C=O) groups excluding carboxylic acids is 1. The molecule has 0 saturated carbocycles. The van der Waals surface area contributed by atoms with Crippen LogP contribution in [-0.2, 0) is 6.54 Å². The van der Waals surface area contributed by atoms with Gasteiger partial charge in [-0.15, -0.1) is 0 Å². The van der Waals surface area contributed by atoms with E-state index in [-0.39, 0.29) is 5.91 Å². The van der Waals surface area contributed by atoms with E-state index in [0.717, 1.165) is 41.3 Å². The number of pyridine rings is 1. The standard InChI is InChI=1S/C15H14N4O/c20-15-13-8-10(9-19(13)7-6-18-15)11-3-5-17-14-12(11)2-1-4-16-14/h1-4,8-9H,5-7H2,(H,16,17)(H,18,20). The van der Waals surface area contributed by atoms with Gasteiger partial charge < -0.3 is 15.2 Å². The van der Waals surface area contributed by atoms with Crippen LogP contribution in [0, 0.1) is 0 Å². The Morgan fingerprint density at radius 3 is 3.15 bits per heavy atom. The van der Waals surface area contributed by atoms with Crippen LogP contribution in [0.25, 0.3) is 5.57 Å². The first-order valence-electron chi connectivity index (χ1n) is 6.71. The molecule has 2 N–H and O–H groups in total. The number of anilines is 1. The molecule has 1 amide bonds. The number of amides is 1. The second-order valence-electron chi connectivity index (χ2n) is 4.96. The third kappa shape index (κ3) is 1.63. The number of fused-ring (bicyclic) bond motifs is 2. The summed E-state index contributed by atoms with van der Waals surface area (Å²) in [6, 6.07) is 5.95. The molecule has 0 fully saturated rings. The van der Waals surface area contributed by atoms with E-state index in [2.05, 4.69) is 34.0 Å². The molecule has 2 aliphatic rings. The van der Waals surface area contributed by atoms with E-state index < -0.39 is 0 Å². The van der Waals surface area contributed by atoms with Crippen molar-refractivity contribution in [3.63, 3.8) is 0 Å². The topological polar surface area (TPSA) is 59.0 Å². The van der Waals surface area contributed by atoms with Crippen molar-refractivity contribution in [1.82, 2.24) is 14.9 Å². The van der Waals surface area contributed by atoms with Crippen molar-refractivity contribution in [1.29, 1.82) is 0 Å². The summed E-state index contributed by atoms with van der Waals surface area (Å²) in [4.78, 5) is 16.2. The number of nitrogens with zero attached hydrogens (tertiary/aromatic N) is 2. The molecule has 20 heavy (non-hydrogen) atoms. The number of aromatic nitrogens is 2. The Morgan fingerprint density at radius 2 is 2.25 bits per heavy atom. The lowest BCUT2D eigenvalue weighted by atomic mass is 9.98. The Labute approximate surface area is 116 Å². The van der Waals surface area contributed by atoms with Crippen molar-refractivity contribution >= 4 is 17.3 Å². The molecule has 0 spiro atoms. The first-order valence-corrected chi connectivity index (χ1v) is 6.71. The molecule has 100 valence electrons. The van der Waals surface area contributed by atoms with Crippen molar-refractivity contribution in [2.24, 2.45) is 0 Å². The zero-order valence-corrected chi connectivity index (χ0v) is 10.9. The Balaban J connectivity index is 1.82. The van der Waals surface area contributed by atoms with Gasteiger partial charge in [0.05, 0.1) is 0 Å². The minimum atomic E-state index is 0.00319. The molecule has 2 aromatic heterocycles. The Hall–Kier alpha value is -2.56. The maximum Gasteiger partial charge on any atom is 0.267 e. The summed E-state index contributed by atoms with van der Waals surface area (Å²) in [5.74, 6) is 0.905. The average Bonchev–Trinajstić information content (AvgIpc) is 2.92. The normalized spacial score (nSPS) is 16.6. The van der Waals surface area contributed by atoms with Crippen molar-refractivity contribution < 1.29 is 4.79 Å². The molecular formula is C15H14N4O. The maximum atomic E-state index is 11.9. The van der Waals surface area contributed by atoms with E-state index >= 15 is 0 Å². The molecule has 2 aliphatic heterocycles. The van der Waals surface area contributed by atoms with Crippen LogP contribution in [-0.4, -0.2) is 28.5 Å². The smallest absolute Gasteiger partial charge is 0.267 e. The Kier molecular flexibility index (Phi) is 2.39. The summed E-state index contributed by atoms with van der Waals surface area (Å²) < 4.78 is 2.02. The highest BCUT2D eigenvalue weighted by Gasteiger charge is 2.21. The van der Waals surface area contributed by atoms with Gasteiger partial charge in [0.15, 0.2) is 0 Å². The monoisotopic (exact) mass is 266 g/mol. The van der Waals surface area contributed by atoms with Crippen molar-refractivity contribution in [2.45, 2.75) is 6.54 Å². The van der Waals surface area contributed by atoms with Crippen LogP contribution in [0.5, 0.6) is 0 Å². The van der Waals surface area contributed by atoms with E-state index in [1.807, 2.05) is 16.7 Å². The van der Waals surface area contributed by atoms with Gasteiger partial charge in [0.1, 0.15) is 11.5 Å². The minimum absolute atomic E-state index is 0.00319. The molecule has 0 aliphatic carbocycles. The highest BCUT2D eigenvalue weighted by atomic mass is 16.2. The third-order valence-electron chi connectivity index (χ3n) is 3.75. The van der Waals surface area contributed by atoms with E-state index in [0.29, 0.717) is 6.54 Å². The fraction of sp³-hybridized carbons (Fsp3) is 0.200. The van der Waals surface area contributed by atoms with Gasteiger partial charge in [0.2, 0.25) is 0 Å². The lowest BCUT2D eigenvalue weighted by Gasteiger charge is -2.17. The number of rotatable bonds is 1. The minimum Gasteiger partial charge on any atom is -0.366 e. The number of hydrogen-bond acceptors (Lipinski definition) is 3. The summed E-state index contributed by atoms with van der Waals surface area (Å²) in [6.45, 7) is 2.28. The van der Waals surface area contributed by atoms with E-state index in [4.69, 9.17) is 0 Å². The number of nitrogens with one attached hydrogen (secondary N) is 2. The molecule has 4 rings (SSSR count). The van der Waals surface area contributed by atoms with E-state index in [9.17, 15) is 4.79 Å². The predicted molar refractivity (Wildman–Crippen MR) is 76.6 cm³/mol. The molecule has 5 nitrogen and oxygen atoms in total. The molecule has 4 heterocycles. The summed E-state index contributed by atoms with van der Waals surface area (Å²) in [5, 5.41) is 6.13. The first kappa shape index (κ1) is 11.3. The lowest BCUT2D eigenvalue weighted by Crippen LogP contribution is -2.34. The molecule has 5 heteroatoms.